The highest BCUT2D eigenvalue weighted by Crippen LogP contribution is 2.13. The Hall–Kier alpha value is -1.80. The Morgan fingerprint density at radius 1 is 1.29 bits per heavy atom. The molecule has 8 heteroatoms. The normalized spacial score (nSPS) is 16.4. The van der Waals surface area contributed by atoms with E-state index in [4.69, 9.17) is 0 Å². The minimum absolute atomic E-state index is 0.0349. The highest BCUT2D eigenvalue weighted by molar-refractivity contribution is 7.09. The molecule has 0 bridgehead atoms. The van der Waals surface area contributed by atoms with Crippen LogP contribution < -0.4 is 0 Å². The zero-order valence-corrected chi connectivity index (χ0v) is 13.0. The number of nitrogens with zero attached hydrogens (tertiary/aromatic N) is 5. The van der Waals surface area contributed by atoms with Crippen molar-refractivity contribution >= 4 is 17.2 Å². The number of aromatic nitrogens is 4. The molecule has 2 aromatic heterocycles. The quantitative estimate of drug-likeness (QED) is 0.909. The summed E-state index contributed by atoms with van der Waals surface area (Å²) in [6.07, 6.45) is 0. The summed E-state index contributed by atoms with van der Waals surface area (Å²) >= 11 is 1.51. The summed E-state index contributed by atoms with van der Waals surface area (Å²) in [6, 6.07) is 0. The number of rotatable bonds is 3. The lowest BCUT2D eigenvalue weighted by Gasteiger charge is -2.33. The summed E-state index contributed by atoms with van der Waals surface area (Å²) < 4.78 is 0. The van der Waals surface area contributed by atoms with Crippen LogP contribution in [0.1, 0.15) is 27.1 Å². The van der Waals surface area contributed by atoms with Gasteiger partial charge in [0.25, 0.3) is 5.91 Å². The topological polar surface area (TPSA) is 78.0 Å². The van der Waals surface area contributed by atoms with Gasteiger partial charge in [0.1, 0.15) is 11.5 Å². The number of carbonyl (C=O) groups excluding carboxylic acids is 1. The Labute approximate surface area is 127 Å². The third-order valence-corrected chi connectivity index (χ3v) is 4.28. The van der Waals surface area contributed by atoms with Gasteiger partial charge in [-0.15, -0.1) is 11.3 Å². The van der Waals surface area contributed by atoms with Crippen molar-refractivity contribution in [3.8, 4) is 0 Å². The van der Waals surface area contributed by atoms with Crippen molar-refractivity contribution in [2.45, 2.75) is 20.4 Å². The highest BCUT2D eigenvalue weighted by Gasteiger charge is 2.24. The maximum Gasteiger partial charge on any atom is 0.273 e. The summed E-state index contributed by atoms with van der Waals surface area (Å²) in [5, 5.41) is 9.76. The number of piperazine rings is 1. The van der Waals surface area contributed by atoms with Gasteiger partial charge in [-0.2, -0.15) is 5.10 Å². The van der Waals surface area contributed by atoms with Gasteiger partial charge >= 0.3 is 0 Å². The molecule has 3 heterocycles. The first-order valence-corrected chi connectivity index (χ1v) is 7.81. The van der Waals surface area contributed by atoms with Crippen LogP contribution in [0.2, 0.25) is 0 Å². The van der Waals surface area contributed by atoms with Crippen molar-refractivity contribution in [2.75, 3.05) is 26.2 Å². The van der Waals surface area contributed by atoms with Gasteiger partial charge < -0.3 is 4.90 Å². The second kappa shape index (κ2) is 5.90. The SMILES string of the molecule is Cc1nc(CN2CCN(C(=O)c3csc(C)n3)CC2)n[nH]1. The van der Waals surface area contributed by atoms with Crippen LogP contribution in [0.15, 0.2) is 5.38 Å². The largest absolute Gasteiger partial charge is 0.335 e. The van der Waals surface area contributed by atoms with E-state index >= 15 is 0 Å². The number of carbonyl (C=O) groups is 1. The molecule has 0 aliphatic carbocycles. The summed E-state index contributed by atoms with van der Waals surface area (Å²) in [7, 11) is 0. The van der Waals surface area contributed by atoms with E-state index in [0.29, 0.717) is 5.69 Å². The van der Waals surface area contributed by atoms with E-state index < -0.39 is 0 Å². The fourth-order valence-electron chi connectivity index (χ4n) is 2.39. The average molecular weight is 306 g/mol. The lowest BCUT2D eigenvalue weighted by molar-refractivity contribution is 0.0620. The number of aromatic amines is 1. The Bertz CT molecular complexity index is 628. The Morgan fingerprint density at radius 2 is 2.05 bits per heavy atom. The molecule has 3 rings (SSSR count). The number of nitrogens with one attached hydrogen (secondary N) is 1. The van der Waals surface area contributed by atoms with Gasteiger partial charge in [0.2, 0.25) is 0 Å². The van der Waals surface area contributed by atoms with Gasteiger partial charge in [-0.05, 0) is 13.8 Å². The van der Waals surface area contributed by atoms with Crippen LogP contribution in [-0.4, -0.2) is 62.1 Å². The van der Waals surface area contributed by atoms with Crippen molar-refractivity contribution in [1.29, 1.82) is 0 Å². The third-order valence-electron chi connectivity index (χ3n) is 3.51. The van der Waals surface area contributed by atoms with E-state index in [-0.39, 0.29) is 5.91 Å². The number of hydrogen-bond donors (Lipinski definition) is 1. The number of H-pyrrole nitrogens is 1. The molecule has 112 valence electrons. The molecule has 0 radical (unpaired) electrons. The van der Waals surface area contributed by atoms with Crippen LogP contribution in [0.3, 0.4) is 0 Å². The minimum Gasteiger partial charge on any atom is -0.335 e. The monoisotopic (exact) mass is 306 g/mol. The first-order chi connectivity index (χ1) is 10.1. The molecule has 0 unspecified atom stereocenters. The van der Waals surface area contributed by atoms with E-state index in [1.54, 1.807) is 0 Å². The van der Waals surface area contributed by atoms with Crippen molar-refractivity contribution < 1.29 is 4.79 Å². The van der Waals surface area contributed by atoms with Gasteiger partial charge in [-0.25, -0.2) is 9.97 Å². The molecular weight excluding hydrogens is 288 g/mol. The van der Waals surface area contributed by atoms with Crippen LogP contribution in [0, 0.1) is 13.8 Å². The van der Waals surface area contributed by atoms with Crippen LogP contribution in [0.4, 0.5) is 0 Å². The Kier molecular flexibility index (Phi) is 3.98. The van der Waals surface area contributed by atoms with Crippen LogP contribution in [0.5, 0.6) is 0 Å². The Balaban J connectivity index is 1.54. The Morgan fingerprint density at radius 3 is 2.62 bits per heavy atom. The predicted molar refractivity (Wildman–Crippen MR) is 79.2 cm³/mol. The molecule has 0 saturated carbocycles. The number of hydrogen-bond acceptors (Lipinski definition) is 6. The van der Waals surface area contributed by atoms with Gasteiger partial charge in [-0.1, -0.05) is 0 Å². The molecule has 0 aromatic carbocycles. The number of amides is 1. The molecule has 0 atom stereocenters. The van der Waals surface area contributed by atoms with Gasteiger partial charge in [0, 0.05) is 31.6 Å². The molecule has 7 nitrogen and oxygen atoms in total. The molecule has 2 aromatic rings. The first kappa shape index (κ1) is 14.2. The molecular formula is C13H18N6OS. The van der Waals surface area contributed by atoms with Crippen LogP contribution in [-0.2, 0) is 6.54 Å². The minimum atomic E-state index is 0.0349. The van der Waals surface area contributed by atoms with Crippen molar-refractivity contribution in [1.82, 2.24) is 30.0 Å². The van der Waals surface area contributed by atoms with E-state index in [1.807, 2.05) is 24.1 Å². The summed E-state index contributed by atoms with van der Waals surface area (Å²) in [5.41, 5.74) is 0.565. The van der Waals surface area contributed by atoms with Crippen LogP contribution in [0.25, 0.3) is 0 Å². The summed E-state index contributed by atoms with van der Waals surface area (Å²) in [6.45, 7) is 7.64. The standard InChI is InChI=1S/C13H18N6OS/c1-9-14-12(17-16-9)7-18-3-5-19(6-4-18)13(20)11-8-21-10(2)15-11/h8H,3-7H2,1-2H3,(H,14,16,17). The van der Waals surface area contributed by atoms with E-state index in [0.717, 1.165) is 49.4 Å². The maximum atomic E-state index is 12.3. The fourth-order valence-corrected chi connectivity index (χ4v) is 2.98. The van der Waals surface area contributed by atoms with Crippen molar-refractivity contribution in [2.24, 2.45) is 0 Å². The summed E-state index contributed by atoms with van der Waals surface area (Å²) in [4.78, 5) is 25.0. The number of thiazole rings is 1. The maximum absolute atomic E-state index is 12.3. The van der Waals surface area contributed by atoms with Gasteiger partial charge in [0.15, 0.2) is 5.82 Å². The lowest BCUT2D eigenvalue weighted by atomic mass is 10.3. The fraction of sp³-hybridized carbons (Fsp3) is 0.538. The smallest absolute Gasteiger partial charge is 0.273 e. The van der Waals surface area contributed by atoms with Gasteiger partial charge in [0.05, 0.1) is 11.6 Å². The number of aryl methyl sites for hydroxylation is 2. The molecule has 21 heavy (non-hydrogen) atoms. The van der Waals surface area contributed by atoms with E-state index in [1.165, 1.54) is 11.3 Å². The predicted octanol–water partition coefficient (Wildman–Crippen LogP) is 0.836. The van der Waals surface area contributed by atoms with Crippen molar-refractivity contribution in [3.05, 3.63) is 27.7 Å². The lowest BCUT2D eigenvalue weighted by Crippen LogP contribution is -2.48. The molecule has 1 aliphatic rings. The van der Waals surface area contributed by atoms with E-state index in [9.17, 15) is 4.79 Å². The molecule has 0 spiro atoms. The average Bonchev–Trinajstić information content (AvgIpc) is 3.08. The second-order valence-corrected chi connectivity index (χ2v) is 6.22. The molecule has 1 amide bonds. The van der Waals surface area contributed by atoms with Crippen molar-refractivity contribution in [3.63, 3.8) is 0 Å². The summed E-state index contributed by atoms with van der Waals surface area (Å²) in [5.74, 6) is 1.67. The highest BCUT2D eigenvalue weighted by atomic mass is 32.1. The third kappa shape index (κ3) is 3.27. The molecule has 1 saturated heterocycles. The zero-order valence-electron chi connectivity index (χ0n) is 12.2. The molecule has 1 N–H and O–H groups in total. The second-order valence-electron chi connectivity index (χ2n) is 5.16. The van der Waals surface area contributed by atoms with Gasteiger partial charge in [-0.3, -0.25) is 14.8 Å². The molecule has 1 fully saturated rings. The van der Waals surface area contributed by atoms with Crippen LogP contribution >= 0.6 is 11.3 Å². The molecule has 1 aliphatic heterocycles. The zero-order chi connectivity index (χ0) is 14.8. The van der Waals surface area contributed by atoms with E-state index in [2.05, 4.69) is 25.1 Å². The first-order valence-electron chi connectivity index (χ1n) is 6.93.